The van der Waals surface area contributed by atoms with Gasteiger partial charge in [-0.3, -0.25) is 9.79 Å². The topological polar surface area (TPSA) is 54.3 Å². The predicted molar refractivity (Wildman–Crippen MR) is 103 cm³/mol. The summed E-state index contributed by atoms with van der Waals surface area (Å²) in [5.74, 6) is 0.666. The summed E-state index contributed by atoms with van der Waals surface area (Å²) in [5, 5.41) is 0. The van der Waals surface area contributed by atoms with E-state index in [2.05, 4.69) is 23.8 Å². The summed E-state index contributed by atoms with van der Waals surface area (Å²) in [6.07, 6.45) is 0. The van der Waals surface area contributed by atoms with Gasteiger partial charge in [0.1, 0.15) is 13.2 Å². The van der Waals surface area contributed by atoms with Crippen molar-refractivity contribution in [1.29, 1.82) is 0 Å². The Morgan fingerprint density at radius 3 is 2.42 bits per heavy atom. The summed E-state index contributed by atoms with van der Waals surface area (Å²) < 4.78 is 5.71. The van der Waals surface area contributed by atoms with Crippen LogP contribution in [0.1, 0.15) is 30.5 Å². The van der Waals surface area contributed by atoms with Crippen LogP contribution in [0.4, 0.5) is 5.69 Å². The molecule has 4 rings (SSSR count). The molecule has 0 saturated carbocycles. The second kappa shape index (κ2) is 6.09. The maximum atomic E-state index is 12.2. The van der Waals surface area contributed by atoms with Gasteiger partial charge < -0.3 is 9.64 Å². The molecule has 2 aliphatic heterocycles. The average molecular weight is 347 g/mol. The first-order chi connectivity index (χ1) is 12.4. The molecule has 0 bridgehead atoms. The number of hydrogen-bond donors (Lipinski definition) is 0. The van der Waals surface area contributed by atoms with Crippen molar-refractivity contribution in [3.05, 3.63) is 65.2 Å². The van der Waals surface area contributed by atoms with Crippen molar-refractivity contribution in [3.63, 3.8) is 0 Å². The lowest BCUT2D eigenvalue weighted by molar-refractivity contribution is -0.116. The molecule has 0 atom stereocenters. The first-order valence-electron chi connectivity index (χ1n) is 8.68. The van der Waals surface area contributed by atoms with Gasteiger partial charge in [0.2, 0.25) is 11.8 Å². The van der Waals surface area contributed by atoms with E-state index in [0.717, 1.165) is 28.1 Å². The molecular weight excluding hydrogens is 326 g/mol. The van der Waals surface area contributed by atoms with Crippen molar-refractivity contribution in [3.8, 4) is 0 Å². The van der Waals surface area contributed by atoms with Gasteiger partial charge in [-0.1, -0.05) is 30.3 Å². The highest BCUT2D eigenvalue weighted by molar-refractivity contribution is 6.19. The molecule has 2 aromatic rings. The second-order valence-electron chi connectivity index (χ2n) is 7.23. The number of ether oxygens (including phenoxy) is 1. The number of benzodiazepines with no additional fused rings is 1. The van der Waals surface area contributed by atoms with E-state index in [0.29, 0.717) is 12.5 Å². The lowest BCUT2D eigenvalue weighted by atomic mass is 9.99. The number of rotatable bonds is 2. The Hall–Kier alpha value is -2.95. The number of hydrogen-bond acceptors (Lipinski definition) is 4. The van der Waals surface area contributed by atoms with Gasteiger partial charge in [0.05, 0.1) is 16.9 Å². The van der Waals surface area contributed by atoms with Crippen LogP contribution >= 0.6 is 0 Å². The first kappa shape index (κ1) is 16.5. The molecule has 132 valence electrons. The van der Waals surface area contributed by atoms with Gasteiger partial charge in [-0.25, -0.2) is 4.99 Å². The molecule has 0 N–H and O–H groups in total. The number of nitrogens with zero attached hydrogens (tertiary/aromatic N) is 3. The van der Waals surface area contributed by atoms with Crippen LogP contribution < -0.4 is 4.90 Å². The molecular formula is C21H21N3O2. The van der Waals surface area contributed by atoms with Gasteiger partial charge >= 0.3 is 0 Å². The highest BCUT2D eigenvalue weighted by Crippen LogP contribution is 2.26. The Labute approximate surface area is 153 Å². The molecule has 0 unspecified atom stereocenters. The van der Waals surface area contributed by atoms with Crippen molar-refractivity contribution in [2.45, 2.75) is 19.4 Å². The molecule has 26 heavy (non-hydrogen) atoms. The van der Waals surface area contributed by atoms with Crippen LogP contribution in [0.2, 0.25) is 0 Å². The number of carbonyl (C=O) groups excluding carboxylic acids is 1. The molecule has 0 radical (unpaired) electrons. The Bertz CT molecular complexity index is 927. The number of anilines is 1. The molecule has 2 aliphatic rings. The van der Waals surface area contributed by atoms with Gasteiger partial charge in [-0.15, -0.1) is 0 Å². The quantitative estimate of drug-likeness (QED) is 0.838. The fourth-order valence-corrected chi connectivity index (χ4v) is 3.19. The van der Waals surface area contributed by atoms with E-state index >= 15 is 0 Å². The van der Waals surface area contributed by atoms with E-state index in [1.54, 1.807) is 11.9 Å². The maximum Gasteiger partial charge on any atom is 0.248 e. The minimum absolute atomic E-state index is 0.0139. The van der Waals surface area contributed by atoms with E-state index in [4.69, 9.17) is 4.74 Å². The van der Waals surface area contributed by atoms with E-state index in [9.17, 15) is 4.79 Å². The molecule has 5 nitrogen and oxygen atoms in total. The molecule has 0 aliphatic carbocycles. The number of carbonyl (C=O) groups is 1. The Morgan fingerprint density at radius 2 is 1.73 bits per heavy atom. The summed E-state index contributed by atoms with van der Waals surface area (Å²) in [7, 11) is 1.79. The van der Waals surface area contributed by atoms with Crippen molar-refractivity contribution in [2.75, 3.05) is 25.1 Å². The summed E-state index contributed by atoms with van der Waals surface area (Å²) in [6.45, 7) is 4.85. The van der Waals surface area contributed by atoms with Gasteiger partial charge in [-0.2, -0.15) is 0 Å². The van der Waals surface area contributed by atoms with Crippen molar-refractivity contribution in [1.82, 2.24) is 0 Å². The van der Waals surface area contributed by atoms with Gasteiger partial charge in [0.25, 0.3) is 0 Å². The van der Waals surface area contributed by atoms with Crippen molar-refractivity contribution >= 4 is 23.2 Å². The number of aliphatic imine (C=N–C) groups is 2. The number of para-hydroxylation sites is 1. The summed E-state index contributed by atoms with van der Waals surface area (Å²) in [5.41, 5.74) is 4.42. The van der Waals surface area contributed by atoms with Crippen LogP contribution in [0, 0.1) is 0 Å². The first-order valence-corrected chi connectivity index (χ1v) is 8.68. The molecule has 1 amide bonds. The predicted octanol–water partition coefficient (Wildman–Crippen LogP) is 3.06. The SMILES string of the molecule is CN1C(=O)CN=C(c2ccc(C3=NC(C)(C)CO3)cc2)c2ccccc21. The fourth-order valence-electron chi connectivity index (χ4n) is 3.19. The number of amides is 1. The maximum absolute atomic E-state index is 12.2. The molecule has 5 heteroatoms. The lowest BCUT2D eigenvalue weighted by Crippen LogP contribution is -2.27. The van der Waals surface area contributed by atoms with Crippen LogP contribution in [0.25, 0.3) is 0 Å². The highest BCUT2D eigenvalue weighted by Gasteiger charge is 2.27. The van der Waals surface area contributed by atoms with E-state index in [-0.39, 0.29) is 18.0 Å². The molecule has 2 aromatic carbocycles. The zero-order chi connectivity index (χ0) is 18.3. The third-order valence-electron chi connectivity index (χ3n) is 4.64. The highest BCUT2D eigenvalue weighted by atomic mass is 16.5. The van der Waals surface area contributed by atoms with Crippen molar-refractivity contribution in [2.24, 2.45) is 9.98 Å². The van der Waals surface area contributed by atoms with Crippen LogP contribution in [-0.4, -0.2) is 43.3 Å². The Balaban J connectivity index is 1.72. The second-order valence-corrected chi connectivity index (χ2v) is 7.23. The molecule has 2 heterocycles. The van der Waals surface area contributed by atoms with Crippen molar-refractivity contribution < 1.29 is 9.53 Å². The zero-order valence-corrected chi connectivity index (χ0v) is 15.2. The summed E-state index contributed by atoms with van der Waals surface area (Å²) in [4.78, 5) is 23.1. The van der Waals surface area contributed by atoms with E-state index < -0.39 is 0 Å². The minimum Gasteiger partial charge on any atom is -0.475 e. The minimum atomic E-state index is -0.177. The smallest absolute Gasteiger partial charge is 0.248 e. The Morgan fingerprint density at radius 1 is 1.04 bits per heavy atom. The third kappa shape index (κ3) is 2.90. The normalized spacial score (nSPS) is 18.6. The van der Waals surface area contributed by atoms with Crippen LogP contribution in [0.5, 0.6) is 0 Å². The number of likely N-dealkylation sites (N-methyl/N-ethyl adjacent to an activating group) is 1. The Kier molecular flexibility index (Phi) is 3.87. The zero-order valence-electron chi connectivity index (χ0n) is 15.2. The summed E-state index contributed by atoms with van der Waals surface area (Å²) >= 11 is 0. The molecule has 0 aromatic heterocycles. The number of benzene rings is 2. The summed E-state index contributed by atoms with van der Waals surface area (Å²) in [6, 6.07) is 15.9. The fraction of sp³-hybridized carbons (Fsp3) is 0.286. The average Bonchev–Trinajstić information content (AvgIpc) is 2.96. The van der Waals surface area contributed by atoms with Crippen LogP contribution in [0.3, 0.4) is 0 Å². The third-order valence-corrected chi connectivity index (χ3v) is 4.64. The largest absolute Gasteiger partial charge is 0.475 e. The molecule has 0 spiro atoms. The van der Waals surface area contributed by atoms with Gasteiger partial charge in [0.15, 0.2) is 0 Å². The molecule has 0 fully saturated rings. The lowest BCUT2D eigenvalue weighted by Gasteiger charge is -2.17. The van der Waals surface area contributed by atoms with Gasteiger partial charge in [-0.05, 0) is 32.0 Å². The van der Waals surface area contributed by atoms with E-state index in [1.807, 2.05) is 48.5 Å². The number of fused-ring (bicyclic) bond motifs is 1. The van der Waals surface area contributed by atoms with Crippen LogP contribution in [-0.2, 0) is 9.53 Å². The monoisotopic (exact) mass is 347 g/mol. The molecule has 0 saturated heterocycles. The van der Waals surface area contributed by atoms with E-state index in [1.165, 1.54) is 0 Å². The standard InChI is InChI=1S/C21H21N3O2/c1-21(2)13-26-20(23-21)15-10-8-14(9-11-15)19-16-6-4-5-7-17(16)24(3)18(25)12-22-19/h4-11H,12-13H2,1-3H3. The van der Waals surface area contributed by atoms with Gasteiger partial charge in [0, 0.05) is 23.7 Å². The van der Waals surface area contributed by atoms with Crippen LogP contribution in [0.15, 0.2) is 58.5 Å².